The molecular weight excluding hydrogens is 254 g/mol. The summed E-state index contributed by atoms with van der Waals surface area (Å²) in [6, 6.07) is 9.54. The van der Waals surface area contributed by atoms with E-state index in [0.717, 1.165) is 5.56 Å². The summed E-state index contributed by atoms with van der Waals surface area (Å²) >= 11 is 0. The minimum Gasteiger partial charge on any atom is -0.388 e. The van der Waals surface area contributed by atoms with Crippen molar-refractivity contribution in [1.82, 2.24) is 5.48 Å². The largest absolute Gasteiger partial charge is 0.388 e. The Kier molecular flexibility index (Phi) is 5.92. The molecule has 0 aliphatic carbocycles. The van der Waals surface area contributed by atoms with Gasteiger partial charge in [0.05, 0.1) is 17.6 Å². The number of amides is 1. The van der Waals surface area contributed by atoms with Crippen LogP contribution in [0.5, 0.6) is 0 Å². The molecule has 0 unspecified atom stereocenters. The molecule has 20 heavy (non-hydrogen) atoms. The van der Waals surface area contributed by atoms with Crippen LogP contribution in [0.15, 0.2) is 43.0 Å². The summed E-state index contributed by atoms with van der Waals surface area (Å²) in [5, 5.41) is 9.94. The molecule has 4 heteroatoms. The van der Waals surface area contributed by atoms with Gasteiger partial charge in [-0.3, -0.25) is 9.63 Å². The lowest BCUT2D eigenvalue weighted by molar-refractivity contribution is -0.152. The van der Waals surface area contributed by atoms with E-state index in [0.29, 0.717) is 6.42 Å². The van der Waals surface area contributed by atoms with Gasteiger partial charge in [-0.25, -0.2) is 5.48 Å². The van der Waals surface area contributed by atoms with Gasteiger partial charge in [-0.2, -0.15) is 0 Å². The maximum atomic E-state index is 12.2. The minimum atomic E-state index is -0.918. The molecule has 1 aromatic rings. The van der Waals surface area contributed by atoms with Gasteiger partial charge in [0, 0.05) is 0 Å². The Labute approximate surface area is 120 Å². The number of hydrogen-bond donors (Lipinski definition) is 2. The van der Waals surface area contributed by atoms with Crippen LogP contribution >= 0.6 is 0 Å². The smallest absolute Gasteiger partial charge is 0.249 e. The van der Waals surface area contributed by atoms with E-state index < -0.39 is 17.6 Å². The average Bonchev–Trinajstić information content (AvgIpc) is 2.41. The number of hydroxylamine groups is 1. The number of carbonyl (C=O) groups excluding carboxylic acids is 1. The SMILES string of the molecule is C=C[C@H](O)[C@@H](Cc1ccccc1)C(=O)NOC(C)(C)C. The maximum Gasteiger partial charge on any atom is 0.249 e. The van der Waals surface area contributed by atoms with Crippen LogP contribution in [-0.2, 0) is 16.1 Å². The van der Waals surface area contributed by atoms with E-state index in [1.807, 2.05) is 51.1 Å². The van der Waals surface area contributed by atoms with Crippen LogP contribution in [0.4, 0.5) is 0 Å². The summed E-state index contributed by atoms with van der Waals surface area (Å²) in [5.41, 5.74) is 2.91. The fourth-order valence-electron chi connectivity index (χ4n) is 1.68. The van der Waals surface area contributed by atoms with Gasteiger partial charge in [0.2, 0.25) is 5.91 Å². The predicted octanol–water partition coefficient (Wildman–Crippen LogP) is 2.24. The van der Waals surface area contributed by atoms with Gasteiger partial charge in [0.25, 0.3) is 0 Å². The first-order chi connectivity index (χ1) is 9.33. The molecule has 0 aliphatic heterocycles. The van der Waals surface area contributed by atoms with Crippen molar-refractivity contribution in [1.29, 1.82) is 0 Å². The zero-order chi connectivity index (χ0) is 15.2. The third-order valence-corrected chi connectivity index (χ3v) is 2.75. The van der Waals surface area contributed by atoms with Crippen molar-refractivity contribution in [3.05, 3.63) is 48.6 Å². The Morgan fingerprint density at radius 1 is 1.40 bits per heavy atom. The second kappa shape index (κ2) is 7.22. The Morgan fingerprint density at radius 2 is 2.00 bits per heavy atom. The van der Waals surface area contributed by atoms with Crippen molar-refractivity contribution in [2.75, 3.05) is 0 Å². The van der Waals surface area contributed by atoms with Crippen LogP contribution in [-0.4, -0.2) is 22.7 Å². The predicted molar refractivity (Wildman–Crippen MR) is 78.8 cm³/mol. The number of carbonyl (C=O) groups is 1. The molecule has 110 valence electrons. The molecule has 1 amide bonds. The fraction of sp³-hybridized carbons (Fsp3) is 0.438. The van der Waals surface area contributed by atoms with Crippen LogP contribution in [0.2, 0.25) is 0 Å². The third-order valence-electron chi connectivity index (χ3n) is 2.75. The van der Waals surface area contributed by atoms with E-state index in [1.165, 1.54) is 6.08 Å². The standard InChI is InChI=1S/C16H23NO3/c1-5-14(18)13(11-12-9-7-6-8-10-12)15(19)17-20-16(2,3)4/h5-10,13-14,18H,1,11H2,2-4H3,(H,17,19)/t13-,14+/m1/s1. The van der Waals surface area contributed by atoms with Crippen LogP contribution in [0.1, 0.15) is 26.3 Å². The molecule has 0 radical (unpaired) electrons. The van der Waals surface area contributed by atoms with E-state index in [1.54, 1.807) is 0 Å². The zero-order valence-electron chi connectivity index (χ0n) is 12.3. The summed E-state index contributed by atoms with van der Waals surface area (Å²) < 4.78 is 0. The molecule has 4 nitrogen and oxygen atoms in total. The first kappa shape index (κ1) is 16.4. The molecular formula is C16H23NO3. The van der Waals surface area contributed by atoms with E-state index >= 15 is 0 Å². The molecule has 1 rings (SSSR count). The van der Waals surface area contributed by atoms with Gasteiger partial charge in [-0.05, 0) is 32.8 Å². The number of benzene rings is 1. The van der Waals surface area contributed by atoms with Crippen LogP contribution < -0.4 is 5.48 Å². The lowest BCUT2D eigenvalue weighted by atomic mass is 9.93. The molecule has 2 atom stereocenters. The molecule has 0 bridgehead atoms. The van der Waals surface area contributed by atoms with E-state index in [2.05, 4.69) is 12.1 Å². The van der Waals surface area contributed by atoms with Crippen molar-refractivity contribution in [3.63, 3.8) is 0 Å². The monoisotopic (exact) mass is 277 g/mol. The molecule has 0 heterocycles. The lowest BCUT2D eigenvalue weighted by Gasteiger charge is -2.24. The number of hydrogen-bond acceptors (Lipinski definition) is 3. The lowest BCUT2D eigenvalue weighted by Crippen LogP contribution is -2.41. The van der Waals surface area contributed by atoms with E-state index in [4.69, 9.17) is 4.84 Å². The van der Waals surface area contributed by atoms with Crippen molar-refractivity contribution >= 4 is 5.91 Å². The van der Waals surface area contributed by atoms with Crippen LogP contribution in [0, 0.1) is 5.92 Å². The van der Waals surface area contributed by atoms with Crippen molar-refractivity contribution < 1.29 is 14.7 Å². The average molecular weight is 277 g/mol. The second-order valence-corrected chi connectivity index (χ2v) is 5.70. The quantitative estimate of drug-likeness (QED) is 0.619. The van der Waals surface area contributed by atoms with Crippen LogP contribution in [0.25, 0.3) is 0 Å². The molecule has 0 aliphatic rings. The highest BCUT2D eigenvalue weighted by Crippen LogP contribution is 2.15. The van der Waals surface area contributed by atoms with Gasteiger partial charge in [-0.15, -0.1) is 6.58 Å². The van der Waals surface area contributed by atoms with E-state index in [9.17, 15) is 9.90 Å². The maximum absolute atomic E-state index is 12.2. The Hall–Kier alpha value is -1.65. The zero-order valence-corrected chi connectivity index (χ0v) is 12.3. The Balaban J connectivity index is 2.74. The molecule has 0 saturated carbocycles. The number of rotatable bonds is 6. The van der Waals surface area contributed by atoms with Crippen molar-refractivity contribution in [2.24, 2.45) is 5.92 Å². The first-order valence-corrected chi connectivity index (χ1v) is 6.66. The molecule has 0 aromatic heterocycles. The highest BCUT2D eigenvalue weighted by atomic mass is 16.7. The summed E-state index contributed by atoms with van der Waals surface area (Å²) in [6.07, 6.45) is 0.872. The normalized spacial score (nSPS) is 14.4. The fourth-order valence-corrected chi connectivity index (χ4v) is 1.68. The van der Waals surface area contributed by atoms with E-state index in [-0.39, 0.29) is 5.91 Å². The highest BCUT2D eigenvalue weighted by Gasteiger charge is 2.26. The number of nitrogens with one attached hydrogen (secondary N) is 1. The van der Waals surface area contributed by atoms with Gasteiger partial charge in [-0.1, -0.05) is 36.4 Å². The van der Waals surface area contributed by atoms with Crippen molar-refractivity contribution in [3.8, 4) is 0 Å². The first-order valence-electron chi connectivity index (χ1n) is 6.66. The third kappa shape index (κ3) is 5.55. The Bertz CT molecular complexity index is 437. The molecule has 0 spiro atoms. The minimum absolute atomic E-state index is 0.351. The molecule has 0 fully saturated rings. The number of aliphatic hydroxyl groups is 1. The van der Waals surface area contributed by atoms with Crippen molar-refractivity contribution in [2.45, 2.75) is 38.9 Å². The summed E-state index contributed by atoms with van der Waals surface area (Å²) in [4.78, 5) is 17.4. The summed E-state index contributed by atoms with van der Waals surface area (Å²) in [5.74, 6) is -0.978. The number of aliphatic hydroxyl groups excluding tert-OH is 1. The van der Waals surface area contributed by atoms with Gasteiger partial charge < -0.3 is 5.11 Å². The topological polar surface area (TPSA) is 58.6 Å². The van der Waals surface area contributed by atoms with Crippen LogP contribution in [0.3, 0.4) is 0 Å². The molecule has 1 aromatic carbocycles. The van der Waals surface area contributed by atoms with Gasteiger partial charge in [0.1, 0.15) is 0 Å². The van der Waals surface area contributed by atoms with Gasteiger partial charge in [0.15, 0.2) is 0 Å². The summed E-state index contributed by atoms with van der Waals surface area (Å²) in [6.45, 7) is 9.05. The second-order valence-electron chi connectivity index (χ2n) is 5.70. The highest BCUT2D eigenvalue weighted by molar-refractivity contribution is 5.78. The Morgan fingerprint density at radius 3 is 2.50 bits per heavy atom. The van der Waals surface area contributed by atoms with Gasteiger partial charge >= 0.3 is 0 Å². The molecule has 0 saturated heterocycles. The summed E-state index contributed by atoms with van der Waals surface area (Å²) in [7, 11) is 0. The molecule has 2 N–H and O–H groups in total.